The van der Waals surface area contributed by atoms with E-state index in [0.717, 1.165) is 60.8 Å². The minimum Gasteiger partial charge on any atom is -0.490 e. The van der Waals surface area contributed by atoms with Gasteiger partial charge < -0.3 is 20.3 Å². The van der Waals surface area contributed by atoms with Crippen LogP contribution in [0.3, 0.4) is 0 Å². The van der Waals surface area contributed by atoms with Crippen LogP contribution in [0.1, 0.15) is 66.1 Å². The van der Waals surface area contributed by atoms with Gasteiger partial charge in [-0.15, -0.1) is 12.4 Å². The van der Waals surface area contributed by atoms with Gasteiger partial charge in [-0.25, -0.2) is 13.1 Å². The summed E-state index contributed by atoms with van der Waals surface area (Å²) in [5.74, 6) is -2.50. The van der Waals surface area contributed by atoms with Gasteiger partial charge in [0.1, 0.15) is 5.75 Å². The van der Waals surface area contributed by atoms with Crippen molar-refractivity contribution in [2.75, 3.05) is 18.8 Å². The quantitative estimate of drug-likeness (QED) is 0.185. The van der Waals surface area contributed by atoms with Crippen LogP contribution in [0.4, 0.5) is 0 Å². The van der Waals surface area contributed by atoms with Crippen molar-refractivity contribution < 1.29 is 33.0 Å². The van der Waals surface area contributed by atoms with Crippen molar-refractivity contribution in [2.45, 2.75) is 57.2 Å². The van der Waals surface area contributed by atoms with Crippen molar-refractivity contribution in [3.63, 3.8) is 0 Å². The van der Waals surface area contributed by atoms with Crippen molar-refractivity contribution in [1.82, 2.24) is 10.0 Å². The number of aliphatic hydroxyl groups excluding tert-OH is 1. The van der Waals surface area contributed by atoms with Crippen molar-refractivity contribution in [3.8, 4) is 16.9 Å². The topological polar surface area (TPSA) is 142 Å². The Balaban J connectivity index is 0.00000506. The summed E-state index contributed by atoms with van der Waals surface area (Å²) in [6.45, 7) is 1.18. The van der Waals surface area contributed by atoms with E-state index in [4.69, 9.17) is 9.84 Å². The summed E-state index contributed by atoms with van der Waals surface area (Å²) in [7, 11) is -4.12. The third-order valence-corrected chi connectivity index (χ3v) is 8.54. The maximum atomic E-state index is 13.0. The highest BCUT2D eigenvalue weighted by Crippen LogP contribution is 2.31. The average Bonchev–Trinajstić information content (AvgIpc) is 2.99. The lowest BCUT2D eigenvalue weighted by atomic mass is 9.97. The molecule has 0 aliphatic heterocycles. The highest BCUT2D eigenvalue weighted by Gasteiger charge is 2.23. The average molecular weight is 631 g/mol. The summed E-state index contributed by atoms with van der Waals surface area (Å²) in [4.78, 5) is 23.8. The molecular formula is C32H39ClN2O7S. The maximum Gasteiger partial charge on any atom is 0.304 e. The van der Waals surface area contributed by atoms with Crippen LogP contribution in [0, 0.1) is 0 Å². The molecule has 0 aromatic heterocycles. The summed E-state index contributed by atoms with van der Waals surface area (Å²) in [5.41, 5.74) is 3.83. The fraction of sp³-hybridized carbons (Fsp3) is 0.375. The summed E-state index contributed by atoms with van der Waals surface area (Å²) in [6.07, 6.45) is 4.44. The number of halogens is 1. The van der Waals surface area contributed by atoms with Crippen LogP contribution in [-0.4, -0.2) is 55.5 Å². The molecule has 1 saturated carbocycles. The number of carboxylic acids is 1. The van der Waals surface area contributed by atoms with Crippen molar-refractivity contribution >= 4 is 34.3 Å². The number of carbonyl (C=O) groups excluding carboxylic acids is 1. The second kappa shape index (κ2) is 16.4. The Hall–Kier alpha value is -3.44. The van der Waals surface area contributed by atoms with Crippen molar-refractivity contribution in [3.05, 3.63) is 89.5 Å². The number of sulfonamides is 1. The highest BCUT2D eigenvalue weighted by molar-refractivity contribution is 7.90. The number of carboxylic acid groups (broad SMARTS) is 1. The Morgan fingerprint density at radius 2 is 1.60 bits per heavy atom. The molecule has 232 valence electrons. The first-order chi connectivity index (χ1) is 20.2. The first kappa shape index (κ1) is 34.1. The predicted molar refractivity (Wildman–Crippen MR) is 168 cm³/mol. The van der Waals surface area contributed by atoms with Crippen LogP contribution < -0.4 is 14.8 Å². The fourth-order valence-electron chi connectivity index (χ4n) is 4.95. The molecule has 0 heterocycles. The van der Waals surface area contributed by atoms with Crippen LogP contribution in [0.25, 0.3) is 11.1 Å². The minimum absolute atomic E-state index is 0. The number of aliphatic hydroxyl groups is 1. The number of ether oxygens (including phenoxy) is 1. The van der Waals surface area contributed by atoms with Crippen LogP contribution >= 0.6 is 12.4 Å². The number of hydrogen-bond donors (Lipinski definition) is 4. The summed E-state index contributed by atoms with van der Waals surface area (Å²) in [5, 5.41) is 22.4. The molecule has 0 bridgehead atoms. The van der Waals surface area contributed by atoms with E-state index in [1.165, 1.54) is 0 Å². The predicted octanol–water partition coefficient (Wildman–Crippen LogP) is 4.89. The monoisotopic (exact) mass is 630 g/mol. The molecule has 1 atom stereocenters. The van der Waals surface area contributed by atoms with Gasteiger partial charge >= 0.3 is 5.97 Å². The van der Waals surface area contributed by atoms with E-state index in [-0.39, 0.29) is 24.1 Å². The molecule has 0 spiro atoms. The lowest BCUT2D eigenvalue weighted by molar-refractivity contribution is -0.136. The second-order valence-electron chi connectivity index (χ2n) is 10.6. The molecule has 11 heteroatoms. The Morgan fingerprint density at radius 3 is 2.28 bits per heavy atom. The Labute approximate surface area is 259 Å². The molecule has 3 aromatic carbocycles. The molecular weight excluding hydrogens is 592 g/mol. The molecule has 0 unspecified atom stereocenters. The van der Waals surface area contributed by atoms with Gasteiger partial charge in [-0.1, -0.05) is 67.1 Å². The van der Waals surface area contributed by atoms with Gasteiger partial charge in [0.05, 0.1) is 29.9 Å². The summed E-state index contributed by atoms with van der Waals surface area (Å²) < 4.78 is 32.8. The highest BCUT2D eigenvalue weighted by atomic mass is 35.5. The largest absolute Gasteiger partial charge is 0.490 e. The molecule has 0 radical (unpaired) electrons. The van der Waals surface area contributed by atoms with E-state index < -0.39 is 40.2 Å². The van der Waals surface area contributed by atoms with Crippen LogP contribution in [0.15, 0.2) is 72.8 Å². The Bertz CT molecular complexity index is 1440. The van der Waals surface area contributed by atoms with E-state index >= 15 is 0 Å². The standard InChI is InChI=1S/C32H38N2O7S.ClH/c35-29(25-7-3-1-4-8-25)22-33-19-17-23-11-13-24(14-12-23)26-15-16-28(30(21-26)41-27-9-5-2-6-10-27)32(38)34-42(39,40)20-18-31(36)37;/h1,3-4,7-8,11-16,21,27,29,33,35H,2,5-6,9-10,17-20,22H2,(H,34,38)(H,36,37);1H/t29-;/m0./s1. The van der Waals surface area contributed by atoms with Gasteiger partial charge in [-0.3, -0.25) is 9.59 Å². The number of hydrogen-bond acceptors (Lipinski definition) is 7. The molecule has 1 aliphatic rings. The molecule has 1 fully saturated rings. The molecule has 1 amide bonds. The molecule has 43 heavy (non-hydrogen) atoms. The molecule has 4 N–H and O–H groups in total. The molecule has 3 aromatic rings. The molecule has 0 saturated heterocycles. The first-order valence-electron chi connectivity index (χ1n) is 14.3. The number of carbonyl (C=O) groups is 2. The van der Waals surface area contributed by atoms with E-state index in [1.54, 1.807) is 18.2 Å². The van der Waals surface area contributed by atoms with Crippen molar-refractivity contribution in [1.29, 1.82) is 0 Å². The van der Waals surface area contributed by atoms with Crippen LogP contribution in [-0.2, 0) is 21.2 Å². The number of amides is 1. The third kappa shape index (κ3) is 10.7. The van der Waals surface area contributed by atoms with Crippen molar-refractivity contribution in [2.24, 2.45) is 0 Å². The van der Waals surface area contributed by atoms with Gasteiger partial charge in [-0.2, -0.15) is 0 Å². The zero-order valence-electron chi connectivity index (χ0n) is 23.9. The molecule has 4 rings (SSSR count). The lowest BCUT2D eigenvalue weighted by Gasteiger charge is -2.24. The van der Waals surface area contributed by atoms with Gasteiger partial charge in [0.25, 0.3) is 5.91 Å². The zero-order chi connectivity index (χ0) is 30.0. The number of benzene rings is 3. The zero-order valence-corrected chi connectivity index (χ0v) is 25.5. The number of rotatable bonds is 14. The maximum absolute atomic E-state index is 13.0. The Kier molecular flexibility index (Phi) is 13.0. The fourth-order valence-corrected chi connectivity index (χ4v) is 5.88. The van der Waals surface area contributed by atoms with Crippen LogP contribution in [0.5, 0.6) is 5.75 Å². The first-order valence-corrected chi connectivity index (χ1v) is 16.0. The molecule has 1 aliphatic carbocycles. The minimum atomic E-state index is -4.12. The van der Waals surface area contributed by atoms with Gasteiger partial charge in [0, 0.05) is 6.54 Å². The SMILES string of the molecule is Cl.O=C(O)CCS(=O)(=O)NC(=O)c1ccc(-c2ccc(CCNC[C@H](O)c3ccccc3)cc2)cc1OC1CCCCC1. The number of nitrogens with one attached hydrogen (secondary N) is 2. The van der Waals surface area contributed by atoms with Gasteiger partial charge in [0.2, 0.25) is 10.0 Å². The molecule has 9 nitrogen and oxygen atoms in total. The normalized spacial score (nSPS) is 14.3. The smallest absolute Gasteiger partial charge is 0.304 e. The third-order valence-electron chi connectivity index (χ3n) is 7.30. The summed E-state index contributed by atoms with van der Waals surface area (Å²) in [6, 6.07) is 22.6. The van der Waals surface area contributed by atoms with E-state index in [9.17, 15) is 23.1 Å². The van der Waals surface area contributed by atoms with E-state index in [0.29, 0.717) is 18.8 Å². The lowest BCUT2D eigenvalue weighted by Crippen LogP contribution is -2.33. The van der Waals surface area contributed by atoms with E-state index in [2.05, 4.69) is 5.32 Å². The van der Waals surface area contributed by atoms with Crippen LogP contribution in [0.2, 0.25) is 0 Å². The Morgan fingerprint density at radius 1 is 0.930 bits per heavy atom. The second-order valence-corrected chi connectivity index (χ2v) is 12.4. The van der Waals surface area contributed by atoms with E-state index in [1.807, 2.05) is 59.3 Å². The van der Waals surface area contributed by atoms with Gasteiger partial charge in [-0.05, 0) is 73.0 Å². The van der Waals surface area contributed by atoms with Gasteiger partial charge in [0.15, 0.2) is 0 Å². The number of aliphatic carboxylic acids is 1. The summed E-state index contributed by atoms with van der Waals surface area (Å²) >= 11 is 0.